The Labute approximate surface area is 362 Å². The van der Waals surface area contributed by atoms with Crippen LogP contribution in [0.25, 0.3) is 44.3 Å². The van der Waals surface area contributed by atoms with Gasteiger partial charge in [0.25, 0.3) is 0 Å². The van der Waals surface area contributed by atoms with Gasteiger partial charge in [-0.05, 0) is 70.2 Å². The van der Waals surface area contributed by atoms with Crippen molar-refractivity contribution >= 4 is 46.1 Å². The summed E-state index contributed by atoms with van der Waals surface area (Å²) in [6, 6.07) is 18.9. The number of nitrogens with one attached hydrogen (secondary N) is 4. The fourth-order valence-electron chi connectivity index (χ4n) is 8.86. The fourth-order valence-corrected chi connectivity index (χ4v) is 8.86. The maximum Gasteiger partial charge on any atom is 0.407 e. The van der Waals surface area contributed by atoms with E-state index in [-0.39, 0.29) is 72.5 Å². The van der Waals surface area contributed by atoms with E-state index in [0.29, 0.717) is 11.6 Å². The van der Waals surface area contributed by atoms with E-state index in [2.05, 4.69) is 84.0 Å². The minimum absolute atomic E-state index is 0.0531. The molecule has 0 unspecified atom stereocenters. The number of fused-ring (bicyclic) bond motifs is 2. The number of hydrogen-bond acceptors (Lipinski definition) is 8. The van der Waals surface area contributed by atoms with Crippen molar-refractivity contribution in [3.05, 3.63) is 97.6 Å². The number of H-pyrrole nitrogens is 2. The Morgan fingerprint density at radius 3 is 1.31 bits per heavy atom. The van der Waals surface area contributed by atoms with Crippen LogP contribution in [-0.2, 0) is 32.2 Å². The van der Waals surface area contributed by atoms with Crippen LogP contribution < -0.4 is 10.6 Å². The monoisotopic (exact) mass is 842 g/mol. The Kier molecular flexibility index (Phi) is 12.6. The van der Waals surface area contributed by atoms with Crippen molar-refractivity contribution in [3.8, 4) is 22.3 Å². The van der Waals surface area contributed by atoms with Crippen molar-refractivity contribution in [1.29, 1.82) is 0 Å². The molecule has 8 atom stereocenters. The van der Waals surface area contributed by atoms with Gasteiger partial charge in [-0.15, -0.1) is 13.2 Å². The lowest BCUT2D eigenvalue weighted by molar-refractivity contribution is -0.136. The number of carbonyl (C=O) groups excluding carboxylic acids is 4. The van der Waals surface area contributed by atoms with Gasteiger partial charge in [0.2, 0.25) is 11.8 Å². The molecule has 0 aliphatic heterocycles. The molecule has 4 N–H and O–H groups in total. The van der Waals surface area contributed by atoms with Gasteiger partial charge in [-0.3, -0.25) is 9.59 Å². The largest absolute Gasteiger partial charge is 0.453 e. The smallest absolute Gasteiger partial charge is 0.407 e. The number of alkyl carbamates (subject to hydrolysis) is 2. The lowest BCUT2D eigenvalue weighted by Gasteiger charge is -2.29. The van der Waals surface area contributed by atoms with Crippen LogP contribution in [0, 0.1) is 35.5 Å². The predicted octanol–water partition coefficient (Wildman–Crippen LogP) is 7.83. The molecule has 2 saturated carbocycles. The maximum atomic E-state index is 14.0. The molecule has 3 aromatic carbocycles. The molecule has 62 heavy (non-hydrogen) atoms. The second-order valence-electron chi connectivity index (χ2n) is 17.4. The zero-order valence-corrected chi connectivity index (χ0v) is 36.8. The van der Waals surface area contributed by atoms with Crippen molar-refractivity contribution in [2.75, 3.05) is 14.2 Å². The van der Waals surface area contributed by atoms with E-state index >= 15 is 0 Å². The van der Waals surface area contributed by atoms with Gasteiger partial charge in [-0.2, -0.15) is 0 Å². The summed E-state index contributed by atoms with van der Waals surface area (Å²) in [7, 11) is 2.57. The highest BCUT2D eigenvalue weighted by Gasteiger charge is 2.52. The summed E-state index contributed by atoms with van der Waals surface area (Å²) < 4.78 is 9.64. The molecule has 2 aliphatic carbocycles. The van der Waals surface area contributed by atoms with E-state index in [1.807, 2.05) is 73.9 Å². The quantitative estimate of drug-likeness (QED) is 0.0728. The van der Waals surface area contributed by atoms with Crippen LogP contribution in [-0.4, -0.2) is 92.1 Å². The number of methoxy groups -OCH3 is 2. The van der Waals surface area contributed by atoms with Crippen molar-refractivity contribution in [3.63, 3.8) is 0 Å². The van der Waals surface area contributed by atoms with Gasteiger partial charge >= 0.3 is 12.2 Å². The molecule has 4 amide bonds. The van der Waals surface area contributed by atoms with Crippen LogP contribution in [0.5, 0.6) is 0 Å². The minimum atomic E-state index is -0.754. The number of imidazole rings is 2. The van der Waals surface area contributed by atoms with Gasteiger partial charge in [0, 0.05) is 23.9 Å². The number of rotatable bonds is 16. The number of hydrogen-bond donors (Lipinski definition) is 4. The standard InChI is InChI=1S/C48H58N8O6/c1-11-33-27(7)43(33)55(45(57)41(25(3)4)53-47(59)61-9)23-39-49-35-19-17-31(21-37(35)51-39)29-13-15-30(16-14-29)32-18-20-36-38(22-32)52-40(50-36)24-56(44-28(8)34(44)12-2)46(58)42(26(5)6)54-48(60)62-10/h11-22,25-28,33-34,41-44H,1-2,23-24H2,3-10H3,(H,49,51)(H,50,52)(H,53,59)(H,54,60)/t27-,28-,33+,34+,41+,42+,43-,44+/m1/s1. The van der Waals surface area contributed by atoms with E-state index in [9.17, 15) is 19.2 Å². The van der Waals surface area contributed by atoms with E-state index in [4.69, 9.17) is 19.4 Å². The zero-order chi connectivity index (χ0) is 44.6. The van der Waals surface area contributed by atoms with Crippen LogP contribution >= 0.6 is 0 Å². The molecule has 326 valence electrons. The highest BCUT2D eigenvalue weighted by Crippen LogP contribution is 2.46. The van der Waals surface area contributed by atoms with Crippen LogP contribution in [0.1, 0.15) is 53.2 Å². The van der Waals surface area contributed by atoms with E-state index in [1.54, 1.807) is 0 Å². The SMILES string of the molecule is C=C[C@H]1[C@@H](C)[C@H]1N(Cc1nc2ccc(-c3ccc(-c4ccc5nc(CN(C(=O)[C@@H](NC(=O)OC)C(C)C)[C@H]6[C@H](C)[C@@H]6C=C)[nH]c5c4)cc3)cc2[nH]1)C(=O)[C@@H](NC(=O)OC)C(C)C. The van der Waals surface area contributed by atoms with Crippen molar-refractivity contribution in [2.45, 2.75) is 78.8 Å². The van der Waals surface area contributed by atoms with Crippen molar-refractivity contribution in [2.24, 2.45) is 35.5 Å². The molecular weight excluding hydrogens is 785 g/mol. The number of aromatic amines is 2. The van der Waals surface area contributed by atoms with Crippen LogP contribution in [0.4, 0.5) is 9.59 Å². The Balaban J connectivity index is 1.08. The molecule has 0 radical (unpaired) electrons. The van der Waals surface area contributed by atoms with Crippen molar-refractivity contribution in [1.82, 2.24) is 40.4 Å². The number of amides is 4. The van der Waals surface area contributed by atoms with E-state index in [1.165, 1.54) is 14.2 Å². The third-order valence-electron chi connectivity index (χ3n) is 12.7. The summed E-state index contributed by atoms with van der Waals surface area (Å²) in [5.74, 6) is 1.39. The molecule has 2 fully saturated rings. The average molecular weight is 843 g/mol. The molecule has 2 heterocycles. The Hall–Kier alpha value is -6.44. The van der Waals surface area contributed by atoms with Crippen LogP contribution in [0.3, 0.4) is 0 Å². The Morgan fingerprint density at radius 1 is 0.645 bits per heavy atom. The summed E-state index contributed by atoms with van der Waals surface area (Å²) in [5.41, 5.74) is 7.35. The molecule has 14 heteroatoms. The van der Waals surface area contributed by atoms with Crippen molar-refractivity contribution < 1.29 is 28.7 Å². The molecule has 0 saturated heterocycles. The third-order valence-corrected chi connectivity index (χ3v) is 12.7. The van der Waals surface area contributed by atoms with Gasteiger partial charge in [-0.1, -0.05) is 90.1 Å². The van der Waals surface area contributed by atoms with Crippen LogP contribution in [0.15, 0.2) is 86.0 Å². The second-order valence-corrected chi connectivity index (χ2v) is 17.4. The van der Waals surface area contributed by atoms with Gasteiger partial charge in [-0.25, -0.2) is 19.6 Å². The molecule has 14 nitrogen and oxygen atoms in total. The second kappa shape index (κ2) is 17.9. The molecular formula is C48H58N8O6. The molecule has 2 aliphatic rings. The summed E-state index contributed by atoms with van der Waals surface area (Å²) in [6.45, 7) is 20.3. The highest BCUT2D eigenvalue weighted by molar-refractivity contribution is 5.88. The van der Waals surface area contributed by atoms with E-state index < -0.39 is 24.3 Å². The number of aromatic nitrogens is 4. The molecule has 0 bridgehead atoms. The average Bonchev–Trinajstić information content (AvgIpc) is 3.94. The number of nitrogens with zero attached hydrogens (tertiary/aromatic N) is 4. The first kappa shape index (κ1) is 43.6. The number of carbonyl (C=O) groups is 4. The first-order valence-corrected chi connectivity index (χ1v) is 21.3. The zero-order valence-electron chi connectivity index (χ0n) is 36.8. The number of ether oxygens (including phenoxy) is 2. The summed E-state index contributed by atoms with van der Waals surface area (Å²) in [4.78, 5) is 72.6. The lowest BCUT2D eigenvalue weighted by atomic mass is 10.00. The predicted molar refractivity (Wildman–Crippen MR) is 239 cm³/mol. The maximum absolute atomic E-state index is 14.0. The minimum Gasteiger partial charge on any atom is -0.453 e. The first-order chi connectivity index (χ1) is 29.7. The molecule has 0 spiro atoms. The normalized spacial score (nSPS) is 21.3. The topological polar surface area (TPSA) is 175 Å². The molecule has 2 aromatic heterocycles. The summed E-state index contributed by atoms with van der Waals surface area (Å²) in [6.07, 6.45) is 2.49. The number of benzene rings is 3. The van der Waals surface area contributed by atoms with Gasteiger partial charge in [0.1, 0.15) is 23.7 Å². The molecule has 5 aromatic rings. The highest BCUT2D eigenvalue weighted by atomic mass is 16.5. The lowest BCUT2D eigenvalue weighted by Crippen LogP contribution is -2.52. The van der Waals surface area contributed by atoms with Gasteiger partial charge < -0.3 is 39.9 Å². The van der Waals surface area contributed by atoms with Gasteiger partial charge in [0.15, 0.2) is 0 Å². The van der Waals surface area contributed by atoms with Crippen LogP contribution in [0.2, 0.25) is 0 Å². The van der Waals surface area contributed by atoms with E-state index in [0.717, 1.165) is 44.3 Å². The van der Waals surface area contributed by atoms with Gasteiger partial charge in [0.05, 0.1) is 49.4 Å². The summed E-state index contributed by atoms with van der Waals surface area (Å²) >= 11 is 0. The first-order valence-electron chi connectivity index (χ1n) is 21.3. The fraction of sp³-hybridized carbons (Fsp3) is 0.417. The Morgan fingerprint density at radius 2 is 1.00 bits per heavy atom. The summed E-state index contributed by atoms with van der Waals surface area (Å²) in [5, 5.41) is 5.46. The Bertz CT molecular complexity index is 2320. The molecule has 7 rings (SSSR count). The third kappa shape index (κ3) is 8.81.